The molecule has 22 heavy (non-hydrogen) atoms. The molecule has 1 N–H and O–H groups in total. The number of hydrogen-bond donors (Lipinski definition) is 1. The second-order valence-electron chi connectivity index (χ2n) is 4.58. The number of carbonyl (C=O) groups is 1. The minimum atomic E-state index is -0.528. The number of nitro groups is 1. The summed E-state index contributed by atoms with van der Waals surface area (Å²) >= 11 is 0. The van der Waals surface area contributed by atoms with Gasteiger partial charge < -0.3 is 19.2 Å². The summed E-state index contributed by atoms with van der Waals surface area (Å²) in [5, 5.41) is 11.8. The van der Waals surface area contributed by atoms with E-state index in [1.165, 1.54) is 13.2 Å². The maximum absolute atomic E-state index is 11.2. The van der Waals surface area contributed by atoms with Crippen molar-refractivity contribution >= 4 is 23.1 Å². The first-order valence-electron chi connectivity index (χ1n) is 6.58. The van der Waals surface area contributed by atoms with Gasteiger partial charge in [-0.1, -0.05) is 0 Å². The predicted octanol–water partition coefficient (Wildman–Crippen LogP) is 2.34. The summed E-state index contributed by atoms with van der Waals surface area (Å²) < 4.78 is 15.2. The molecule has 1 atom stereocenters. The summed E-state index contributed by atoms with van der Waals surface area (Å²) in [4.78, 5) is 24.1. The van der Waals surface area contributed by atoms with E-state index < -0.39 is 11.0 Å². The maximum Gasteiger partial charge on any atom is 0.296 e. The number of fused-ring (bicyclic) bond motifs is 1. The summed E-state index contributed by atoms with van der Waals surface area (Å²) in [5.74, 6) is 0.357. The van der Waals surface area contributed by atoms with E-state index in [9.17, 15) is 14.9 Å². The molecule has 2 rings (SSSR count). The van der Waals surface area contributed by atoms with Crippen molar-refractivity contribution in [3.8, 4) is 5.75 Å². The number of methoxy groups -OCH3 is 1. The lowest BCUT2D eigenvalue weighted by Crippen LogP contribution is -2.04. The predicted molar refractivity (Wildman–Crippen MR) is 77.9 cm³/mol. The highest BCUT2D eigenvalue weighted by atomic mass is 16.6. The molecule has 1 heterocycles. The monoisotopic (exact) mass is 308 g/mol. The van der Waals surface area contributed by atoms with Crippen LogP contribution in [-0.4, -0.2) is 36.7 Å². The van der Waals surface area contributed by atoms with Crippen LogP contribution < -0.4 is 4.74 Å². The average molecular weight is 308 g/mol. The lowest BCUT2D eigenvalue weighted by molar-refractivity contribution is -0.383. The molecule has 0 aliphatic carbocycles. The fraction of sp³-hybridized carbons (Fsp3) is 0.357. The Balaban J connectivity index is 2.48. The zero-order valence-electron chi connectivity index (χ0n) is 12.2. The first kappa shape index (κ1) is 15.8. The SMILES string of the molecule is COCCOc1cc([N+](=O)[O-])c2[nH]cc(C(C)OC=O)c2c1. The number of non-ortho nitro benzene ring substituents is 1. The molecule has 0 bridgehead atoms. The lowest BCUT2D eigenvalue weighted by Gasteiger charge is -2.09. The number of benzene rings is 1. The Kier molecular flexibility index (Phi) is 4.95. The highest BCUT2D eigenvalue weighted by molar-refractivity contribution is 5.92. The van der Waals surface area contributed by atoms with E-state index in [4.69, 9.17) is 14.2 Å². The Hall–Kier alpha value is -2.61. The van der Waals surface area contributed by atoms with Gasteiger partial charge in [-0.25, -0.2) is 0 Å². The standard InChI is InChI=1S/C14H16N2O6/c1-9(22-8-17)12-7-15-14-11(12)5-10(21-4-3-20-2)6-13(14)16(18)19/h5-9,15H,3-4H2,1-2H3. The van der Waals surface area contributed by atoms with E-state index >= 15 is 0 Å². The molecule has 8 heteroatoms. The molecular formula is C14H16N2O6. The molecule has 1 unspecified atom stereocenters. The summed E-state index contributed by atoms with van der Waals surface area (Å²) in [5.41, 5.74) is 0.900. The molecule has 118 valence electrons. The molecule has 2 aromatic rings. The van der Waals surface area contributed by atoms with Crippen LogP contribution in [0, 0.1) is 10.1 Å². The number of carbonyl (C=O) groups excluding carboxylic acids is 1. The molecule has 0 spiro atoms. The van der Waals surface area contributed by atoms with Crippen molar-refractivity contribution in [3.05, 3.63) is 34.0 Å². The average Bonchev–Trinajstić information content (AvgIpc) is 2.90. The van der Waals surface area contributed by atoms with E-state index in [1.807, 2.05) is 0 Å². The van der Waals surface area contributed by atoms with Crippen LogP contribution in [-0.2, 0) is 14.3 Å². The van der Waals surface area contributed by atoms with E-state index in [2.05, 4.69) is 4.98 Å². The van der Waals surface area contributed by atoms with Gasteiger partial charge >= 0.3 is 0 Å². The molecule has 0 aliphatic heterocycles. The fourth-order valence-electron chi connectivity index (χ4n) is 2.17. The van der Waals surface area contributed by atoms with E-state index in [0.29, 0.717) is 35.3 Å². The Morgan fingerprint density at radius 1 is 1.41 bits per heavy atom. The number of aromatic nitrogens is 1. The Labute approximate surface area is 126 Å². The number of H-pyrrole nitrogens is 1. The second kappa shape index (κ2) is 6.90. The number of nitrogens with one attached hydrogen (secondary N) is 1. The lowest BCUT2D eigenvalue weighted by atomic mass is 10.1. The minimum Gasteiger partial charge on any atom is -0.491 e. The molecule has 0 aliphatic rings. The van der Waals surface area contributed by atoms with Gasteiger partial charge in [0, 0.05) is 24.3 Å². The highest BCUT2D eigenvalue weighted by Crippen LogP contribution is 2.35. The van der Waals surface area contributed by atoms with Crippen molar-refractivity contribution in [2.45, 2.75) is 13.0 Å². The van der Waals surface area contributed by atoms with Crippen molar-refractivity contribution in [3.63, 3.8) is 0 Å². The summed E-state index contributed by atoms with van der Waals surface area (Å²) in [7, 11) is 1.54. The molecule has 0 radical (unpaired) electrons. The van der Waals surface area contributed by atoms with Gasteiger partial charge in [0.15, 0.2) is 0 Å². The normalized spacial score (nSPS) is 12.1. The van der Waals surface area contributed by atoms with Crippen LogP contribution in [0.3, 0.4) is 0 Å². The minimum absolute atomic E-state index is 0.102. The van der Waals surface area contributed by atoms with Crippen LogP contribution in [0.4, 0.5) is 5.69 Å². The van der Waals surface area contributed by atoms with Gasteiger partial charge in [-0.2, -0.15) is 0 Å². The first-order chi connectivity index (χ1) is 10.6. The van der Waals surface area contributed by atoms with Crippen LogP contribution in [0.25, 0.3) is 10.9 Å². The van der Waals surface area contributed by atoms with Gasteiger partial charge in [-0.05, 0) is 13.0 Å². The zero-order chi connectivity index (χ0) is 16.1. The third kappa shape index (κ3) is 3.17. The second-order valence-corrected chi connectivity index (χ2v) is 4.58. The van der Waals surface area contributed by atoms with Crippen LogP contribution >= 0.6 is 0 Å². The van der Waals surface area contributed by atoms with Gasteiger partial charge in [0.2, 0.25) is 0 Å². The van der Waals surface area contributed by atoms with Gasteiger partial charge in [0.05, 0.1) is 17.6 Å². The van der Waals surface area contributed by atoms with Crippen LogP contribution in [0.5, 0.6) is 5.75 Å². The quantitative estimate of drug-likeness (QED) is 0.347. The number of aromatic amines is 1. The van der Waals surface area contributed by atoms with E-state index in [1.54, 1.807) is 19.2 Å². The van der Waals surface area contributed by atoms with E-state index in [0.717, 1.165) is 0 Å². The van der Waals surface area contributed by atoms with Crippen molar-refractivity contribution < 1.29 is 23.9 Å². The first-order valence-corrected chi connectivity index (χ1v) is 6.58. The van der Waals surface area contributed by atoms with Crippen LogP contribution in [0.15, 0.2) is 18.3 Å². The van der Waals surface area contributed by atoms with Gasteiger partial charge in [0.1, 0.15) is 24.0 Å². The van der Waals surface area contributed by atoms with Gasteiger partial charge in [-0.3, -0.25) is 14.9 Å². The molecule has 0 saturated heterocycles. The molecule has 1 aromatic heterocycles. The number of ether oxygens (including phenoxy) is 3. The highest BCUT2D eigenvalue weighted by Gasteiger charge is 2.21. The third-order valence-electron chi connectivity index (χ3n) is 3.22. The van der Waals surface area contributed by atoms with Crippen molar-refractivity contribution in [2.75, 3.05) is 20.3 Å². The number of hydrogen-bond acceptors (Lipinski definition) is 6. The topological polar surface area (TPSA) is 104 Å². The largest absolute Gasteiger partial charge is 0.491 e. The number of nitrogens with zero attached hydrogens (tertiary/aromatic N) is 1. The van der Waals surface area contributed by atoms with Crippen molar-refractivity contribution in [1.29, 1.82) is 0 Å². The summed E-state index contributed by atoms with van der Waals surface area (Å²) in [6.07, 6.45) is 1.06. The molecule has 0 amide bonds. The summed E-state index contributed by atoms with van der Waals surface area (Å²) in [6.45, 7) is 2.67. The van der Waals surface area contributed by atoms with Crippen molar-refractivity contribution in [2.24, 2.45) is 0 Å². The van der Waals surface area contributed by atoms with Gasteiger partial charge in [0.25, 0.3) is 12.2 Å². The van der Waals surface area contributed by atoms with Crippen LogP contribution in [0.1, 0.15) is 18.6 Å². The number of nitro benzene ring substituents is 1. The maximum atomic E-state index is 11.2. The molecule has 1 aromatic carbocycles. The zero-order valence-corrected chi connectivity index (χ0v) is 12.2. The third-order valence-corrected chi connectivity index (χ3v) is 3.22. The Morgan fingerprint density at radius 2 is 2.18 bits per heavy atom. The van der Waals surface area contributed by atoms with Crippen LogP contribution in [0.2, 0.25) is 0 Å². The van der Waals surface area contributed by atoms with Crippen molar-refractivity contribution in [1.82, 2.24) is 4.98 Å². The molecule has 0 saturated carbocycles. The van der Waals surface area contributed by atoms with E-state index in [-0.39, 0.29) is 12.3 Å². The van der Waals surface area contributed by atoms with Gasteiger partial charge in [-0.15, -0.1) is 0 Å². The molecular weight excluding hydrogens is 292 g/mol. The smallest absolute Gasteiger partial charge is 0.296 e. The number of rotatable bonds is 8. The molecule has 0 fully saturated rings. The Morgan fingerprint density at radius 3 is 2.82 bits per heavy atom. The fourth-order valence-corrected chi connectivity index (χ4v) is 2.17. The molecule has 8 nitrogen and oxygen atoms in total. The summed E-state index contributed by atoms with van der Waals surface area (Å²) in [6, 6.07) is 3.03. The Bertz CT molecular complexity index is 681.